The molecule has 1 saturated heterocycles. The fourth-order valence-electron chi connectivity index (χ4n) is 2.78. The lowest BCUT2D eigenvalue weighted by molar-refractivity contribution is -0.115. The summed E-state index contributed by atoms with van der Waals surface area (Å²) < 4.78 is 13.1. The van der Waals surface area contributed by atoms with E-state index in [2.05, 4.69) is 19.1 Å². The second kappa shape index (κ2) is 7.18. The summed E-state index contributed by atoms with van der Waals surface area (Å²) >= 11 is 1.58. The summed E-state index contributed by atoms with van der Waals surface area (Å²) in [5, 5.41) is -0.0791. The highest BCUT2D eigenvalue weighted by Gasteiger charge is 2.33. The molecule has 120 valence electrons. The fraction of sp³-hybridized carbons (Fsp3) is 0.316. The number of nitrogens with zero attached hydrogens (tertiary/aromatic N) is 1. The van der Waals surface area contributed by atoms with Crippen LogP contribution in [0.2, 0.25) is 0 Å². The largest absolute Gasteiger partial charge is 0.295 e. The van der Waals surface area contributed by atoms with E-state index in [1.165, 1.54) is 30.5 Å². The van der Waals surface area contributed by atoms with Crippen molar-refractivity contribution in [1.29, 1.82) is 0 Å². The number of unbranched alkanes of at least 4 members (excludes halogenated alkanes) is 1. The van der Waals surface area contributed by atoms with Crippen molar-refractivity contribution in [3.63, 3.8) is 0 Å². The van der Waals surface area contributed by atoms with Crippen LogP contribution in [0.15, 0.2) is 48.5 Å². The predicted molar refractivity (Wildman–Crippen MR) is 94.1 cm³/mol. The van der Waals surface area contributed by atoms with E-state index in [0.717, 1.165) is 17.7 Å². The minimum atomic E-state index is -0.255. The molecule has 0 aliphatic carbocycles. The van der Waals surface area contributed by atoms with Crippen molar-refractivity contribution in [3.8, 4) is 0 Å². The maximum absolute atomic E-state index is 13.1. The summed E-state index contributed by atoms with van der Waals surface area (Å²) in [6, 6.07) is 14.7. The molecule has 0 radical (unpaired) electrons. The standard InChI is InChI=1S/C19H20FNOS/c1-2-3-4-14-5-11-17(12-6-14)21-18(22)13-23-19(21)15-7-9-16(20)10-8-15/h5-12,19H,2-4,13H2,1H3. The van der Waals surface area contributed by atoms with Crippen LogP contribution in [0.25, 0.3) is 0 Å². The summed E-state index contributed by atoms with van der Waals surface area (Å²) in [6.45, 7) is 2.18. The summed E-state index contributed by atoms with van der Waals surface area (Å²) in [5.74, 6) is 0.306. The minimum Gasteiger partial charge on any atom is -0.295 e. The first-order chi connectivity index (χ1) is 11.2. The number of anilines is 1. The first-order valence-corrected chi connectivity index (χ1v) is 9.02. The Bertz CT molecular complexity index is 669. The lowest BCUT2D eigenvalue weighted by Crippen LogP contribution is -2.27. The molecule has 0 bridgehead atoms. The van der Waals surface area contributed by atoms with E-state index < -0.39 is 0 Å². The van der Waals surface area contributed by atoms with Crippen LogP contribution in [0, 0.1) is 5.82 Å². The molecule has 1 fully saturated rings. The number of amides is 1. The van der Waals surface area contributed by atoms with Crippen LogP contribution in [-0.4, -0.2) is 11.7 Å². The zero-order chi connectivity index (χ0) is 16.2. The molecule has 1 amide bonds. The van der Waals surface area contributed by atoms with E-state index in [-0.39, 0.29) is 17.1 Å². The number of halogens is 1. The minimum absolute atomic E-state index is 0.0791. The van der Waals surface area contributed by atoms with Crippen LogP contribution in [0.1, 0.15) is 36.3 Å². The van der Waals surface area contributed by atoms with Crippen LogP contribution in [0.5, 0.6) is 0 Å². The van der Waals surface area contributed by atoms with E-state index in [9.17, 15) is 9.18 Å². The summed E-state index contributed by atoms with van der Waals surface area (Å²) in [6.07, 6.45) is 3.42. The van der Waals surface area contributed by atoms with Gasteiger partial charge >= 0.3 is 0 Å². The van der Waals surface area contributed by atoms with Gasteiger partial charge in [0, 0.05) is 5.69 Å². The van der Waals surface area contributed by atoms with Crippen molar-refractivity contribution in [2.75, 3.05) is 10.7 Å². The molecule has 2 aromatic carbocycles. The Kier molecular flexibility index (Phi) is 5.01. The third kappa shape index (κ3) is 3.58. The first-order valence-electron chi connectivity index (χ1n) is 7.97. The number of aryl methyl sites for hydroxylation is 1. The third-order valence-corrected chi connectivity index (χ3v) is 5.27. The summed E-state index contributed by atoms with van der Waals surface area (Å²) in [4.78, 5) is 14.1. The highest BCUT2D eigenvalue weighted by atomic mass is 32.2. The summed E-state index contributed by atoms with van der Waals surface area (Å²) in [7, 11) is 0. The zero-order valence-corrected chi connectivity index (χ0v) is 14.0. The van der Waals surface area contributed by atoms with Gasteiger partial charge in [0.25, 0.3) is 0 Å². The van der Waals surface area contributed by atoms with Gasteiger partial charge in [0.1, 0.15) is 11.2 Å². The lowest BCUT2D eigenvalue weighted by atomic mass is 10.1. The Balaban J connectivity index is 1.83. The molecule has 0 N–H and O–H groups in total. The molecule has 1 aliphatic heterocycles. The van der Waals surface area contributed by atoms with Crippen LogP contribution in [-0.2, 0) is 11.2 Å². The van der Waals surface area contributed by atoms with Crippen molar-refractivity contribution < 1.29 is 9.18 Å². The Labute approximate surface area is 140 Å². The molecule has 1 atom stereocenters. The molecule has 2 aromatic rings. The molecule has 0 saturated carbocycles. The van der Waals surface area contributed by atoms with Gasteiger partial charge in [-0.15, -0.1) is 11.8 Å². The molecule has 1 heterocycles. The third-order valence-electron chi connectivity index (χ3n) is 4.06. The van der Waals surface area contributed by atoms with E-state index in [0.29, 0.717) is 5.75 Å². The molecule has 4 heteroatoms. The average molecular weight is 329 g/mol. The Hall–Kier alpha value is -1.81. The maximum Gasteiger partial charge on any atom is 0.238 e. The van der Waals surface area contributed by atoms with Crippen molar-refractivity contribution in [3.05, 3.63) is 65.5 Å². The van der Waals surface area contributed by atoms with Crippen molar-refractivity contribution in [2.45, 2.75) is 31.6 Å². The fourth-order valence-corrected chi connectivity index (χ4v) is 3.96. The van der Waals surface area contributed by atoms with Gasteiger partial charge in [-0.3, -0.25) is 9.69 Å². The van der Waals surface area contributed by atoms with Crippen molar-refractivity contribution in [2.24, 2.45) is 0 Å². The normalized spacial score (nSPS) is 17.7. The van der Waals surface area contributed by atoms with E-state index in [1.54, 1.807) is 23.9 Å². The van der Waals surface area contributed by atoms with E-state index in [4.69, 9.17) is 0 Å². The molecule has 3 rings (SSSR count). The number of benzene rings is 2. The quantitative estimate of drug-likeness (QED) is 0.774. The number of carbonyl (C=O) groups excluding carboxylic acids is 1. The molecule has 23 heavy (non-hydrogen) atoms. The van der Waals surface area contributed by atoms with Crippen molar-refractivity contribution in [1.82, 2.24) is 0 Å². The van der Waals surface area contributed by atoms with E-state index in [1.807, 2.05) is 17.0 Å². The second-order valence-electron chi connectivity index (χ2n) is 5.75. The van der Waals surface area contributed by atoms with Gasteiger partial charge in [-0.25, -0.2) is 4.39 Å². The molecular formula is C19H20FNOS. The highest BCUT2D eigenvalue weighted by molar-refractivity contribution is 8.00. The highest BCUT2D eigenvalue weighted by Crippen LogP contribution is 2.41. The lowest BCUT2D eigenvalue weighted by Gasteiger charge is -2.24. The monoisotopic (exact) mass is 329 g/mol. The smallest absolute Gasteiger partial charge is 0.238 e. The number of thioether (sulfide) groups is 1. The van der Waals surface area contributed by atoms with Crippen LogP contribution >= 0.6 is 11.8 Å². The van der Waals surface area contributed by atoms with Crippen LogP contribution < -0.4 is 4.90 Å². The van der Waals surface area contributed by atoms with Gasteiger partial charge in [-0.1, -0.05) is 37.6 Å². The van der Waals surface area contributed by atoms with Gasteiger partial charge in [0.05, 0.1) is 5.75 Å². The molecular weight excluding hydrogens is 309 g/mol. The zero-order valence-electron chi connectivity index (χ0n) is 13.2. The second-order valence-corrected chi connectivity index (χ2v) is 6.82. The molecule has 2 nitrogen and oxygen atoms in total. The molecule has 0 spiro atoms. The van der Waals surface area contributed by atoms with Gasteiger partial charge in [-0.05, 0) is 48.2 Å². The molecule has 1 unspecified atom stereocenters. The van der Waals surface area contributed by atoms with Gasteiger partial charge in [0.15, 0.2) is 0 Å². The Morgan fingerprint density at radius 2 is 1.83 bits per heavy atom. The SMILES string of the molecule is CCCCc1ccc(N2C(=O)CSC2c2ccc(F)cc2)cc1. The molecule has 0 aromatic heterocycles. The van der Waals surface area contributed by atoms with Gasteiger partial charge in [-0.2, -0.15) is 0 Å². The Morgan fingerprint density at radius 1 is 1.13 bits per heavy atom. The Morgan fingerprint density at radius 3 is 2.48 bits per heavy atom. The summed E-state index contributed by atoms with van der Waals surface area (Å²) in [5.41, 5.74) is 3.17. The van der Waals surface area contributed by atoms with Gasteiger partial charge < -0.3 is 0 Å². The van der Waals surface area contributed by atoms with E-state index >= 15 is 0 Å². The number of hydrogen-bond acceptors (Lipinski definition) is 2. The maximum atomic E-state index is 13.1. The van der Waals surface area contributed by atoms with Gasteiger partial charge in [0.2, 0.25) is 5.91 Å². The topological polar surface area (TPSA) is 20.3 Å². The van der Waals surface area contributed by atoms with Crippen LogP contribution in [0.3, 0.4) is 0 Å². The number of carbonyl (C=O) groups is 1. The predicted octanol–water partition coefficient (Wildman–Crippen LogP) is 4.95. The first kappa shape index (κ1) is 16.1. The van der Waals surface area contributed by atoms with Crippen molar-refractivity contribution >= 4 is 23.4 Å². The van der Waals surface area contributed by atoms with Crippen LogP contribution in [0.4, 0.5) is 10.1 Å². The average Bonchev–Trinajstić information content (AvgIpc) is 2.96. The number of hydrogen-bond donors (Lipinski definition) is 0. The number of rotatable bonds is 5. The molecule has 1 aliphatic rings.